The first-order valence-electron chi connectivity index (χ1n) is 5.30. The Kier molecular flexibility index (Phi) is 2.86. The molecule has 0 bridgehead atoms. The zero-order valence-corrected chi connectivity index (χ0v) is 9.45. The average molecular weight is 214 g/mol. The minimum absolute atomic E-state index is 0.213. The van der Waals surface area contributed by atoms with Gasteiger partial charge in [-0.2, -0.15) is 0 Å². The van der Waals surface area contributed by atoms with E-state index in [0.717, 1.165) is 22.2 Å². The van der Waals surface area contributed by atoms with Crippen molar-refractivity contribution in [1.82, 2.24) is 4.98 Å². The third kappa shape index (κ3) is 2.03. The van der Waals surface area contributed by atoms with E-state index in [1.54, 1.807) is 0 Å². The third-order valence-corrected chi connectivity index (χ3v) is 2.38. The van der Waals surface area contributed by atoms with Crippen LogP contribution in [0.5, 0.6) is 0 Å². The lowest BCUT2D eigenvalue weighted by Gasteiger charge is -2.06. The minimum Gasteiger partial charge on any atom is -0.478 e. The molecule has 0 amide bonds. The van der Waals surface area contributed by atoms with Gasteiger partial charge in [-0.05, 0) is 38.1 Å². The summed E-state index contributed by atoms with van der Waals surface area (Å²) in [7, 11) is 0. The lowest BCUT2D eigenvalue weighted by molar-refractivity contribution is 0.325. The molecule has 0 saturated carbocycles. The van der Waals surface area contributed by atoms with E-state index < -0.39 is 0 Å². The number of hydrogen-bond acceptors (Lipinski definition) is 3. The molecule has 0 unspecified atom stereocenters. The van der Waals surface area contributed by atoms with Crippen LogP contribution in [-0.2, 0) is 4.74 Å². The number of fused-ring (bicyclic) bond motifs is 1. The van der Waals surface area contributed by atoms with Crippen LogP contribution in [0, 0.1) is 12.3 Å². The number of aromatic nitrogens is 1. The van der Waals surface area contributed by atoms with Crippen LogP contribution in [0.15, 0.2) is 30.3 Å². The van der Waals surface area contributed by atoms with Gasteiger partial charge in [-0.15, -0.1) is 0 Å². The monoisotopic (exact) mass is 214 g/mol. The molecule has 1 heterocycles. The number of hydrogen-bond donors (Lipinski definition) is 1. The lowest BCUT2D eigenvalue weighted by atomic mass is 10.1. The molecular formula is C13H14N2O. The Labute approximate surface area is 94.6 Å². The van der Waals surface area contributed by atoms with Crippen molar-refractivity contribution < 1.29 is 4.74 Å². The fourth-order valence-electron chi connectivity index (χ4n) is 1.60. The predicted molar refractivity (Wildman–Crippen MR) is 64.9 cm³/mol. The maximum Gasteiger partial charge on any atom is 0.213 e. The van der Waals surface area contributed by atoms with Crippen molar-refractivity contribution in [2.45, 2.75) is 13.8 Å². The zero-order chi connectivity index (χ0) is 11.5. The summed E-state index contributed by atoms with van der Waals surface area (Å²) >= 11 is 0. The number of nitrogens with zero attached hydrogens (tertiary/aromatic N) is 1. The van der Waals surface area contributed by atoms with Crippen molar-refractivity contribution >= 4 is 16.8 Å². The van der Waals surface area contributed by atoms with Gasteiger partial charge in [0, 0.05) is 16.6 Å². The van der Waals surface area contributed by atoms with Crippen LogP contribution in [0.25, 0.3) is 10.9 Å². The second-order valence-corrected chi connectivity index (χ2v) is 3.62. The van der Waals surface area contributed by atoms with Crippen LogP contribution in [0.2, 0.25) is 0 Å². The fourth-order valence-corrected chi connectivity index (χ4v) is 1.60. The van der Waals surface area contributed by atoms with E-state index in [0.29, 0.717) is 6.61 Å². The van der Waals surface area contributed by atoms with E-state index in [2.05, 4.69) is 4.98 Å². The van der Waals surface area contributed by atoms with E-state index in [1.165, 1.54) is 0 Å². The molecule has 1 aromatic carbocycles. The fraction of sp³-hybridized carbons (Fsp3) is 0.231. The Bertz CT molecular complexity index is 534. The van der Waals surface area contributed by atoms with E-state index in [4.69, 9.17) is 10.1 Å². The first-order chi connectivity index (χ1) is 7.70. The summed E-state index contributed by atoms with van der Waals surface area (Å²) in [6.45, 7) is 4.36. The molecule has 3 nitrogen and oxygen atoms in total. The van der Waals surface area contributed by atoms with Crippen LogP contribution in [0.1, 0.15) is 18.2 Å². The summed E-state index contributed by atoms with van der Waals surface area (Å²) < 4.78 is 5.16. The number of nitrogens with one attached hydrogen (secondary N) is 1. The Balaban J connectivity index is 2.44. The molecule has 1 N–H and O–H groups in total. The van der Waals surface area contributed by atoms with Crippen molar-refractivity contribution in [3.63, 3.8) is 0 Å². The highest BCUT2D eigenvalue weighted by Crippen LogP contribution is 2.15. The van der Waals surface area contributed by atoms with Crippen LogP contribution >= 0.6 is 0 Å². The van der Waals surface area contributed by atoms with Gasteiger partial charge in [-0.25, -0.2) is 0 Å². The normalized spacial score (nSPS) is 10.4. The second-order valence-electron chi connectivity index (χ2n) is 3.62. The van der Waals surface area contributed by atoms with Crippen LogP contribution in [0.4, 0.5) is 0 Å². The topological polar surface area (TPSA) is 46.0 Å². The molecule has 0 aliphatic rings. The smallest absolute Gasteiger partial charge is 0.213 e. The maximum atomic E-state index is 7.70. The third-order valence-electron chi connectivity index (χ3n) is 2.38. The van der Waals surface area contributed by atoms with E-state index in [9.17, 15) is 0 Å². The van der Waals surface area contributed by atoms with Crippen LogP contribution in [-0.4, -0.2) is 17.5 Å². The number of aryl methyl sites for hydroxylation is 1. The highest BCUT2D eigenvalue weighted by atomic mass is 16.5. The van der Waals surface area contributed by atoms with E-state index in [-0.39, 0.29) is 5.90 Å². The van der Waals surface area contributed by atoms with Gasteiger partial charge in [-0.3, -0.25) is 10.4 Å². The van der Waals surface area contributed by atoms with Crippen molar-refractivity contribution in [3.05, 3.63) is 41.6 Å². The number of pyridine rings is 1. The van der Waals surface area contributed by atoms with Crippen molar-refractivity contribution in [3.8, 4) is 0 Å². The molecule has 82 valence electrons. The van der Waals surface area contributed by atoms with Gasteiger partial charge in [-0.1, -0.05) is 6.07 Å². The lowest BCUT2D eigenvalue weighted by Crippen LogP contribution is -2.04. The highest BCUT2D eigenvalue weighted by Gasteiger charge is 2.03. The molecule has 3 heteroatoms. The van der Waals surface area contributed by atoms with E-state index >= 15 is 0 Å². The summed E-state index contributed by atoms with van der Waals surface area (Å²) in [6.07, 6.45) is 0. The van der Waals surface area contributed by atoms with Gasteiger partial charge in [0.2, 0.25) is 5.90 Å². The van der Waals surface area contributed by atoms with Gasteiger partial charge in [0.25, 0.3) is 0 Å². The standard InChI is InChI=1S/C13H14N2O/c1-3-16-13(14)11-6-7-12-10(8-11)5-4-9(2)15-12/h4-8,14H,3H2,1-2H3. The highest BCUT2D eigenvalue weighted by molar-refractivity contribution is 5.95. The molecule has 0 aliphatic heterocycles. The molecule has 0 aliphatic carbocycles. The predicted octanol–water partition coefficient (Wildman–Crippen LogP) is 2.91. The molecule has 0 fully saturated rings. The molecule has 16 heavy (non-hydrogen) atoms. The first-order valence-corrected chi connectivity index (χ1v) is 5.30. The van der Waals surface area contributed by atoms with Gasteiger partial charge >= 0.3 is 0 Å². The molecule has 0 saturated heterocycles. The van der Waals surface area contributed by atoms with Crippen LogP contribution < -0.4 is 0 Å². The van der Waals surface area contributed by atoms with Crippen molar-refractivity contribution in [1.29, 1.82) is 5.41 Å². The minimum atomic E-state index is 0.213. The van der Waals surface area contributed by atoms with Crippen LogP contribution in [0.3, 0.4) is 0 Å². The maximum absolute atomic E-state index is 7.70. The number of rotatable bonds is 2. The van der Waals surface area contributed by atoms with Gasteiger partial charge < -0.3 is 4.74 Å². The summed E-state index contributed by atoms with van der Waals surface area (Å²) in [5.41, 5.74) is 2.74. The molecule has 0 spiro atoms. The molecule has 0 radical (unpaired) electrons. The van der Waals surface area contributed by atoms with Gasteiger partial charge in [0.15, 0.2) is 0 Å². The Hall–Kier alpha value is -1.90. The summed E-state index contributed by atoms with van der Waals surface area (Å²) in [6, 6.07) is 9.70. The quantitative estimate of drug-likeness (QED) is 0.617. The average Bonchev–Trinajstić information content (AvgIpc) is 2.28. The second kappa shape index (κ2) is 4.31. The summed E-state index contributed by atoms with van der Waals surface area (Å²) in [5, 5.41) is 8.74. The number of ether oxygens (including phenoxy) is 1. The Morgan fingerprint density at radius 3 is 2.88 bits per heavy atom. The summed E-state index contributed by atoms with van der Waals surface area (Å²) in [4.78, 5) is 4.41. The van der Waals surface area contributed by atoms with E-state index in [1.807, 2.05) is 44.2 Å². The first kappa shape index (κ1) is 10.6. The zero-order valence-electron chi connectivity index (χ0n) is 9.45. The molecular weight excluding hydrogens is 200 g/mol. The molecule has 0 atom stereocenters. The van der Waals surface area contributed by atoms with Crippen molar-refractivity contribution in [2.75, 3.05) is 6.61 Å². The van der Waals surface area contributed by atoms with Crippen molar-refractivity contribution in [2.24, 2.45) is 0 Å². The number of benzene rings is 1. The Morgan fingerprint density at radius 2 is 2.12 bits per heavy atom. The Morgan fingerprint density at radius 1 is 1.31 bits per heavy atom. The van der Waals surface area contributed by atoms with Gasteiger partial charge in [0.05, 0.1) is 12.1 Å². The van der Waals surface area contributed by atoms with Gasteiger partial charge in [0.1, 0.15) is 0 Å². The molecule has 2 rings (SSSR count). The largest absolute Gasteiger partial charge is 0.478 e. The SMILES string of the molecule is CCOC(=N)c1ccc2nc(C)ccc2c1. The molecule has 2 aromatic rings. The molecule has 1 aromatic heterocycles. The summed E-state index contributed by atoms with van der Waals surface area (Å²) in [5.74, 6) is 0.213.